The molecule has 0 atom stereocenters. The van der Waals surface area contributed by atoms with E-state index in [1.54, 1.807) is 11.7 Å². The molecule has 2 N–H and O–H groups in total. The third kappa shape index (κ3) is 6.44. The molecular formula is C16H25IN6O. The van der Waals surface area contributed by atoms with Gasteiger partial charge < -0.3 is 15.4 Å². The minimum absolute atomic E-state index is 0. The topological polar surface area (TPSA) is 76.4 Å². The van der Waals surface area contributed by atoms with Crippen LogP contribution in [0.1, 0.15) is 23.9 Å². The Morgan fingerprint density at radius 3 is 2.42 bits per heavy atom. The van der Waals surface area contributed by atoms with Crippen molar-refractivity contribution < 1.29 is 4.74 Å². The molecule has 7 nitrogen and oxygen atoms in total. The Balaban J connectivity index is 0.00000288. The molecule has 132 valence electrons. The Labute approximate surface area is 159 Å². The molecule has 2 rings (SSSR count). The van der Waals surface area contributed by atoms with Crippen LogP contribution in [0, 0.1) is 0 Å². The predicted octanol–water partition coefficient (Wildman–Crippen LogP) is 1.83. The van der Waals surface area contributed by atoms with Gasteiger partial charge in [-0.25, -0.2) is 4.98 Å². The SMILES string of the molecule is CCOCc1ccc(CNC(=NC)NCc2ncnn2C)cc1.I. The van der Waals surface area contributed by atoms with Gasteiger partial charge in [-0.05, 0) is 18.1 Å². The highest BCUT2D eigenvalue weighted by atomic mass is 127. The average molecular weight is 444 g/mol. The summed E-state index contributed by atoms with van der Waals surface area (Å²) < 4.78 is 7.13. The Hall–Kier alpha value is -1.68. The molecule has 1 heterocycles. The summed E-state index contributed by atoms with van der Waals surface area (Å²) in [6.07, 6.45) is 1.54. The molecule has 0 aliphatic rings. The maximum absolute atomic E-state index is 5.39. The van der Waals surface area contributed by atoms with Gasteiger partial charge in [0.05, 0.1) is 13.2 Å². The van der Waals surface area contributed by atoms with Crippen molar-refractivity contribution >= 4 is 29.9 Å². The van der Waals surface area contributed by atoms with Crippen molar-refractivity contribution in [2.45, 2.75) is 26.6 Å². The van der Waals surface area contributed by atoms with E-state index < -0.39 is 0 Å². The molecule has 24 heavy (non-hydrogen) atoms. The van der Waals surface area contributed by atoms with Gasteiger partial charge in [0, 0.05) is 27.2 Å². The minimum Gasteiger partial charge on any atom is -0.377 e. The first-order valence-corrected chi connectivity index (χ1v) is 7.66. The predicted molar refractivity (Wildman–Crippen MR) is 105 cm³/mol. The van der Waals surface area contributed by atoms with Gasteiger partial charge in [-0.15, -0.1) is 24.0 Å². The van der Waals surface area contributed by atoms with Crippen LogP contribution in [0.15, 0.2) is 35.6 Å². The van der Waals surface area contributed by atoms with Crippen molar-refractivity contribution in [1.82, 2.24) is 25.4 Å². The summed E-state index contributed by atoms with van der Waals surface area (Å²) in [6.45, 7) is 4.66. The number of halogens is 1. The Morgan fingerprint density at radius 2 is 1.83 bits per heavy atom. The van der Waals surface area contributed by atoms with E-state index in [0.717, 1.165) is 18.4 Å². The summed E-state index contributed by atoms with van der Waals surface area (Å²) >= 11 is 0. The summed E-state index contributed by atoms with van der Waals surface area (Å²) in [6, 6.07) is 8.36. The van der Waals surface area contributed by atoms with Gasteiger partial charge in [0.25, 0.3) is 0 Å². The van der Waals surface area contributed by atoms with E-state index >= 15 is 0 Å². The van der Waals surface area contributed by atoms with Crippen molar-refractivity contribution in [1.29, 1.82) is 0 Å². The molecule has 1 aromatic heterocycles. The highest BCUT2D eigenvalue weighted by Gasteiger charge is 2.03. The van der Waals surface area contributed by atoms with Gasteiger partial charge in [0.15, 0.2) is 5.96 Å². The molecule has 0 spiro atoms. The van der Waals surface area contributed by atoms with E-state index in [-0.39, 0.29) is 24.0 Å². The minimum atomic E-state index is 0. The fourth-order valence-electron chi connectivity index (χ4n) is 2.02. The lowest BCUT2D eigenvalue weighted by Gasteiger charge is -2.12. The summed E-state index contributed by atoms with van der Waals surface area (Å²) in [5.41, 5.74) is 2.37. The van der Waals surface area contributed by atoms with Crippen LogP contribution in [-0.2, 0) is 31.5 Å². The molecule has 0 saturated carbocycles. The third-order valence-electron chi connectivity index (χ3n) is 3.40. The molecule has 8 heteroatoms. The Kier molecular flexibility index (Phi) is 9.31. The van der Waals surface area contributed by atoms with Crippen LogP contribution in [0.4, 0.5) is 0 Å². The van der Waals surface area contributed by atoms with E-state index in [9.17, 15) is 0 Å². The van der Waals surface area contributed by atoms with Gasteiger partial charge >= 0.3 is 0 Å². The zero-order chi connectivity index (χ0) is 16.5. The van der Waals surface area contributed by atoms with Crippen molar-refractivity contribution in [2.75, 3.05) is 13.7 Å². The van der Waals surface area contributed by atoms with Gasteiger partial charge in [0.2, 0.25) is 0 Å². The number of hydrogen-bond donors (Lipinski definition) is 2. The van der Waals surface area contributed by atoms with Crippen LogP contribution in [0.25, 0.3) is 0 Å². The molecule has 0 aliphatic carbocycles. The lowest BCUT2D eigenvalue weighted by Crippen LogP contribution is -2.36. The zero-order valence-electron chi connectivity index (χ0n) is 14.3. The van der Waals surface area contributed by atoms with Crippen molar-refractivity contribution in [3.05, 3.63) is 47.5 Å². The molecule has 0 unspecified atom stereocenters. The van der Waals surface area contributed by atoms with E-state index in [1.165, 1.54) is 17.5 Å². The fraction of sp³-hybridized carbons (Fsp3) is 0.438. The Bertz CT molecular complexity index is 626. The molecule has 0 bridgehead atoms. The zero-order valence-corrected chi connectivity index (χ0v) is 16.7. The van der Waals surface area contributed by atoms with E-state index in [4.69, 9.17) is 4.74 Å². The molecular weight excluding hydrogens is 419 g/mol. The lowest BCUT2D eigenvalue weighted by atomic mass is 10.1. The first kappa shape index (κ1) is 20.4. The molecule has 0 amide bonds. The van der Waals surface area contributed by atoms with Gasteiger partial charge in [-0.2, -0.15) is 5.10 Å². The van der Waals surface area contributed by atoms with E-state index in [2.05, 4.69) is 50.0 Å². The number of aliphatic imine (C=N–C) groups is 1. The number of nitrogens with one attached hydrogen (secondary N) is 2. The van der Waals surface area contributed by atoms with Gasteiger partial charge in [-0.1, -0.05) is 24.3 Å². The number of hydrogen-bond acceptors (Lipinski definition) is 4. The second-order valence-electron chi connectivity index (χ2n) is 5.03. The number of nitrogens with zero attached hydrogens (tertiary/aromatic N) is 4. The molecule has 0 aliphatic heterocycles. The maximum atomic E-state index is 5.39. The quantitative estimate of drug-likeness (QED) is 0.387. The number of guanidine groups is 1. The molecule has 0 radical (unpaired) electrons. The first-order valence-electron chi connectivity index (χ1n) is 7.66. The van der Waals surface area contributed by atoms with Crippen LogP contribution < -0.4 is 10.6 Å². The van der Waals surface area contributed by atoms with Crippen molar-refractivity contribution in [3.63, 3.8) is 0 Å². The van der Waals surface area contributed by atoms with E-state index in [0.29, 0.717) is 19.7 Å². The normalized spacial score (nSPS) is 11.0. The van der Waals surface area contributed by atoms with Crippen molar-refractivity contribution in [2.24, 2.45) is 12.0 Å². The molecule has 2 aromatic rings. The second-order valence-corrected chi connectivity index (χ2v) is 5.03. The second kappa shape index (κ2) is 11.0. The number of aryl methyl sites for hydroxylation is 1. The number of benzene rings is 1. The van der Waals surface area contributed by atoms with Gasteiger partial charge in [-0.3, -0.25) is 9.67 Å². The summed E-state index contributed by atoms with van der Waals surface area (Å²) in [5.74, 6) is 1.58. The van der Waals surface area contributed by atoms with Crippen LogP contribution in [0.5, 0.6) is 0 Å². The number of rotatable bonds is 7. The number of ether oxygens (including phenoxy) is 1. The molecule has 0 saturated heterocycles. The third-order valence-corrected chi connectivity index (χ3v) is 3.40. The maximum Gasteiger partial charge on any atom is 0.191 e. The van der Waals surface area contributed by atoms with E-state index in [1.807, 2.05) is 14.0 Å². The summed E-state index contributed by atoms with van der Waals surface area (Å²) in [4.78, 5) is 8.38. The smallest absolute Gasteiger partial charge is 0.191 e. The lowest BCUT2D eigenvalue weighted by molar-refractivity contribution is 0.134. The Morgan fingerprint density at radius 1 is 1.17 bits per heavy atom. The average Bonchev–Trinajstić information content (AvgIpc) is 2.99. The summed E-state index contributed by atoms with van der Waals surface area (Å²) in [5, 5.41) is 10.5. The van der Waals surface area contributed by atoms with Crippen LogP contribution >= 0.6 is 24.0 Å². The highest BCUT2D eigenvalue weighted by Crippen LogP contribution is 2.05. The first-order chi connectivity index (χ1) is 11.2. The van der Waals surface area contributed by atoms with Crippen LogP contribution in [0.3, 0.4) is 0 Å². The van der Waals surface area contributed by atoms with Crippen LogP contribution in [0.2, 0.25) is 0 Å². The largest absolute Gasteiger partial charge is 0.377 e. The monoisotopic (exact) mass is 444 g/mol. The van der Waals surface area contributed by atoms with Crippen molar-refractivity contribution in [3.8, 4) is 0 Å². The number of aromatic nitrogens is 3. The van der Waals surface area contributed by atoms with Gasteiger partial charge in [0.1, 0.15) is 12.2 Å². The van der Waals surface area contributed by atoms with Crippen LogP contribution in [-0.4, -0.2) is 34.4 Å². The molecule has 0 fully saturated rings. The summed E-state index contributed by atoms with van der Waals surface area (Å²) in [7, 11) is 3.61. The highest BCUT2D eigenvalue weighted by molar-refractivity contribution is 14.0. The fourth-order valence-corrected chi connectivity index (χ4v) is 2.02. The molecule has 1 aromatic carbocycles. The standard InChI is InChI=1S/C16H24N6O.HI/c1-4-23-11-14-7-5-13(6-8-14)9-18-16(17-2)19-10-15-20-12-21-22(15)3;/h5-8,12H,4,9-11H2,1-3H3,(H2,17,18,19);1H.